The quantitative estimate of drug-likeness (QED) is 0.389. The van der Waals surface area contributed by atoms with E-state index in [4.69, 9.17) is 4.74 Å². The van der Waals surface area contributed by atoms with Crippen LogP contribution >= 0.6 is 0 Å². The van der Waals surface area contributed by atoms with Gasteiger partial charge in [0.2, 0.25) is 10.0 Å². The van der Waals surface area contributed by atoms with E-state index in [0.29, 0.717) is 5.56 Å². The first-order chi connectivity index (χ1) is 14.5. The van der Waals surface area contributed by atoms with E-state index in [0.717, 1.165) is 6.07 Å². The van der Waals surface area contributed by atoms with E-state index >= 15 is 0 Å². The van der Waals surface area contributed by atoms with Gasteiger partial charge in [-0.25, -0.2) is 8.42 Å². The Morgan fingerprint density at radius 2 is 1.74 bits per heavy atom. The Labute approximate surface area is 177 Å². The number of rotatable bonds is 10. The fraction of sp³-hybridized carbons (Fsp3) is 0.368. The van der Waals surface area contributed by atoms with Gasteiger partial charge < -0.3 is 9.47 Å². The van der Waals surface area contributed by atoms with Gasteiger partial charge in [-0.15, -0.1) is 0 Å². The van der Waals surface area contributed by atoms with Crippen molar-refractivity contribution in [3.8, 4) is 11.5 Å². The van der Waals surface area contributed by atoms with Crippen LogP contribution in [0.1, 0.15) is 19.4 Å². The number of nitro groups is 1. The molecular formula is C19H21F3N2O6S. The zero-order valence-electron chi connectivity index (χ0n) is 16.8. The molecule has 0 radical (unpaired) electrons. The Balaban J connectivity index is 2.22. The van der Waals surface area contributed by atoms with E-state index in [2.05, 4.69) is 4.74 Å². The van der Waals surface area contributed by atoms with E-state index in [1.807, 2.05) is 0 Å². The third-order valence-corrected chi connectivity index (χ3v) is 6.21. The molecule has 0 aromatic heterocycles. The molecule has 0 saturated carbocycles. The topological polar surface area (TPSA) is 99.0 Å². The summed E-state index contributed by atoms with van der Waals surface area (Å²) in [7, 11) is -3.90. The normalized spacial score (nSPS) is 12.1. The van der Waals surface area contributed by atoms with Gasteiger partial charge in [-0.2, -0.15) is 17.5 Å². The molecule has 8 nitrogen and oxygen atoms in total. The highest BCUT2D eigenvalue weighted by molar-refractivity contribution is 7.89. The van der Waals surface area contributed by atoms with Crippen molar-refractivity contribution in [2.75, 3.05) is 19.7 Å². The molecule has 0 atom stereocenters. The van der Waals surface area contributed by atoms with Crippen LogP contribution in [-0.2, 0) is 16.6 Å². The summed E-state index contributed by atoms with van der Waals surface area (Å²) in [5.41, 5.74) is -0.133. The van der Waals surface area contributed by atoms with Gasteiger partial charge in [0.05, 0.1) is 9.82 Å². The van der Waals surface area contributed by atoms with Gasteiger partial charge >= 0.3 is 11.9 Å². The summed E-state index contributed by atoms with van der Waals surface area (Å²) in [6.45, 7) is 2.06. The molecule has 0 N–H and O–H groups in total. The fourth-order valence-electron chi connectivity index (χ4n) is 2.69. The Hall–Kier alpha value is -2.86. The van der Waals surface area contributed by atoms with Crippen LogP contribution in [0.5, 0.6) is 11.5 Å². The lowest BCUT2D eigenvalue weighted by Gasteiger charge is -2.18. The molecule has 0 amide bonds. The summed E-state index contributed by atoms with van der Waals surface area (Å²) in [4.78, 5) is 10.4. The maximum absolute atomic E-state index is 12.6. The minimum atomic E-state index is -4.49. The summed E-state index contributed by atoms with van der Waals surface area (Å²) >= 11 is 0. The monoisotopic (exact) mass is 462 g/mol. The molecule has 0 bridgehead atoms. The number of alkyl halides is 3. The smallest absolute Gasteiger partial charge is 0.422 e. The SMILES string of the molecule is CCN(CC)S(=O)(=O)c1ccc(OCc2cccc(OCC(F)(F)F)c2)c([N+](=O)[O-])c1. The van der Waals surface area contributed by atoms with Gasteiger partial charge in [-0.1, -0.05) is 26.0 Å². The van der Waals surface area contributed by atoms with Crippen molar-refractivity contribution in [3.63, 3.8) is 0 Å². The Kier molecular flexibility index (Phi) is 7.85. The third kappa shape index (κ3) is 6.56. The highest BCUT2D eigenvalue weighted by Gasteiger charge is 2.28. The first kappa shape index (κ1) is 24.4. The van der Waals surface area contributed by atoms with Gasteiger partial charge in [0.1, 0.15) is 12.4 Å². The zero-order valence-corrected chi connectivity index (χ0v) is 17.6. The molecule has 2 aromatic rings. The number of ether oxygens (including phenoxy) is 2. The van der Waals surface area contributed by atoms with E-state index in [9.17, 15) is 31.7 Å². The largest absolute Gasteiger partial charge is 0.484 e. The zero-order chi connectivity index (χ0) is 23.2. The van der Waals surface area contributed by atoms with Gasteiger partial charge in [0, 0.05) is 19.2 Å². The van der Waals surface area contributed by atoms with Crippen molar-refractivity contribution in [1.29, 1.82) is 0 Å². The summed E-state index contributed by atoms with van der Waals surface area (Å²) in [6.07, 6.45) is -4.49. The highest BCUT2D eigenvalue weighted by atomic mass is 32.2. The van der Waals surface area contributed by atoms with Crippen LogP contribution < -0.4 is 9.47 Å². The number of hydrogen-bond donors (Lipinski definition) is 0. The lowest BCUT2D eigenvalue weighted by atomic mass is 10.2. The van der Waals surface area contributed by atoms with Gasteiger partial charge in [-0.3, -0.25) is 10.1 Å². The van der Waals surface area contributed by atoms with E-state index in [1.54, 1.807) is 19.9 Å². The van der Waals surface area contributed by atoms with Gasteiger partial charge in [0.15, 0.2) is 12.4 Å². The molecule has 12 heteroatoms. The van der Waals surface area contributed by atoms with Crippen LogP contribution in [0, 0.1) is 10.1 Å². The molecule has 0 aliphatic heterocycles. The van der Waals surface area contributed by atoms with Crippen LogP contribution in [0.3, 0.4) is 0 Å². The maximum Gasteiger partial charge on any atom is 0.422 e. The lowest BCUT2D eigenvalue weighted by Crippen LogP contribution is -2.30. The Morgan fingerprint density at radius 3 is 2.32 bits per heavy atom. The summed E-state index contributed by atoms with van der Waals surface area (Å²) in [5.74, 6) is -0.210. The Morgan fingerprint density at radius 1 is 1.06 bits per heavy atom. The second-order valence-electron chi connectivity index (χ2n) is 6.32. The predicted molar refractivity (Wildman–Crippen MR) is 106 cm³/mol. The van der Waals surface area contributed by atoms with E-state index < -0.39 is 33.4 Å². The standard InChI is InChI=1S/C19H21F3N2O6S/c1-3-23(4-2)31(27,28)16-8-9-18(17(11-16)24(25)26)29-12-14-6-5-7-15(10-14)30-13-19(20,21)22/h5-11H,3-4,12-13H2,1-2H3. The molecule has 0 spiro atoms. The van der Waals surface area contributed by atoms with Crippen LogP contribution in [0.25, 0.3) is 0 Å². The van der Waals surface area contributed by atoms with Gasteiger partial charge in [-0.05, 0) is 29.8 Å². The van der Waals surface area contributed by atoms with Crippen LogP contribution in [0.4, 0.5) is 18.9 Å². The van der Waals surface area contributed by atoms with Crippen molar-refractivity contribution < 1.29 is 36.0 Å². The highest BCUT2D eigenvalue weighted by Crippen LogP contribution is 2.31. The number of benzene rings is 2. The summed E-state index contributed by atoms with van der Waals surface area (Å²) in [5, 5.41) is 11.4. The first-order valence-corrected chi connectivity index (χ1v) is 10.6. The fourth-order valence-corrected chi connectivity index (χ4v) is 4.16. The molecule has 0 saturated heterocycles. The Bertz CT molecular complexity index is 1020. The second kappa shape index (κ2) is 9.96. The summed E-state index contributed by atoms with van der Waals surface area (Å²) < 4.78 is 73.3. The number of hydrogen-bond acceptors (Lipinski definition) is 6. The maximum atomic E-state index is 12.6. The van der Waals surface area contributed by atoms with Crippen molar-refractivity contribution in [2.45, 2.75) is 31.5 Å². The molecule has 31 heavy (non-hydrogen) atoms. The van der Waals surface area contributed by atoms with Gasteiger partial charge in [0.25, 0.3) is 0 Å². The van der Waals surface area contributed by atoms with Crippen molar-refractivity contribution in [3.05, 3.63) is 58.1 Å². The number of halogens is 3. The predicted octanol–water partition coefficient (Wildman–Crippen LogP) is 4.15. The molecule has 0 fully saturated rings. The van der Waals surface area contributed by atoms with Crippen molar-refractivity contribution >= 4 is 15.7 Å². The molecule has 2 aromatic carbocycles. The lowest BCUT2D eigenvalue weighted by molar-refractivity contribution is -0.386. The van der Waals surface area contributed by atoms with Crippen LogP contribution in [-0.4, -0.2) is 43.5 Å². The van der Waals surface area contributed by atoms with Crippen LogP contribution in [0.15, 0.2) is 47.4 Å². The average Bonchev–Trinajstić information content (AvgIpc) is 2.71. The van der Waals surface area contributed by atoms with Crippen molar-refractivity contribution in [2.24, 2.45) is 0 Å². The average molecular weight is 462 g/mol. The molecule has 170 valence electrons. The minimum Gasteiger partial charge on any atom is -0.484 e. The molecule has 0 aliphatic carbocycles. The van der Waals surface area contributed by atoms with Crippen molar-refractivity contribution in [1.82, 2.24) is 4.31 Å². The summed E-state index contributed by atoms with van der Waals surface area (Å²) in [6, 6.07) is 8.97. The first-order valence-electron chi connectivity index (χ1n) is 9.17. The van der Waals surface area contributed by atoms with E-state index in [1.165, 1.54) is 34.6 Å². The molecule has 0 heterocycles. The number of nitrogens with zero attached hydrogens (tertiary/aromatic N) is 2. The number of nitro benzene ring substituents is 1. The third-order valence-electron chi connectivity index (χ3n) is 4.17. The molecule has 2 rings (SSSR count). The van der Waals surface area contributed by atoms with Crippen LogP contribution in [0.2, 0.25) is 0 Å². The minimum absolute atomic E-state index is 0.0337. The molecule has 0 unspecified atom stereocenters. The molecule has 0 aliphatic rings. The van der Waals surface area contributed by atoms with E-state index in [-0.39, 0.29) is 36.1 Å². The molecular weight excluding hydrogens is 441 g/mol. The number of sulfonamides is 1. The second-order valence-corrected chi connectivity index (χ2v) is 8.25.